The van der Waals surface area contributed by atoms with Gasteiger partial charge in [-0.05, 0) is 24.4 Å². The largest absolute Gasteiger partial charge is 0.494 e. The van der Waals surface area contributed by atoms with Crippen molar-refractivity contribution in [2.45, 2.75) is 13.0 Å². The third-order valence-electron chi connectivity index (χ3n) is 3.36. The lowest BCUT2D eigenvalue weighted by Crippen LogP contribution is -2.05. The number of benzene rings is 1. The number of para-hydroxylation sites is 1. The molecule has 1 N–H and O–H groups in total. The Kier molecular flexibility index (Phi) is 3.27. The van der Waals surface area contributed by atoms with Gasteiger partial charge in [0.1, 0.15) is 23.4 Å². The van der Waals surface area contributed by atoms with E-state index in [9.17, 15) is 0 Å². The number of hydrogen-bond donors (Lipinski definition) is 1. The Morgan fingerprint density at radius 2 is 2.25 bits per heavy atom. The van der Waals surface area contributed by atoms with Crippen LogP contribution in [0.25, 0.3) is 11.0 Å². The molecular weight excluding hydrogens is 274 g/mol. The number of rotatable bonds is 4. The maximum Gasteiger partial charge on any atom is 0.178 e. The van der Waals surface area contributed by atoms with Crippen LogP contribution in [0.5, 0.6) is 5.75 Å². The first-order valence-electron chi connectivity index (χ1n) is 6.29. The van der Waals surface area contributed by atoms with Crippen molar-refractivity contribution in [3.05, 3.63) is 35.1 Å². The molecule has 3 aromatic rings. The minimum atomic E-state index is 0.687. The molecule has 0 saturated heterocycles. The fourth-order valence-corrected chi connectivity index (χ4v) is 2.58. The highest BCUT2D eigenvalue weighted by Crippen LogP contribution is 2.24. The van der Waals surface area contributed by atoms with E-state index in [1.165, 1.54) is 0 Å². The molecule has 0 unspecified atom stereocenters. The molecule has 0 atom stereocenters. The monoisotopic (exact) mass is 289 g/mol. The van der Waals surface area contributed by atoms with Crippen LogP contribution in [0.15, 0.2) is 24.5 Å². The van der Waals surface area contributed by atoms with E-state index in [1.807, 2.05) is 29.8 Å². The molecule has 104 valence electrons. The highest BCUT2D eigenvalue weighted by atomic mass is 32.1. The average molecular weight is 289 g/mol. The second kappa shape index (κ2) is 5.09. The summed E-state index contributed by atoms with van der Waals surface area (Å²) in [6, 6.07) is 5.91. The summed E-state index contributed by atoms with van der Waals surface area (Å²) in [5, 5.41) is 7.97. The molecule has 0 spiro atoms. The van der Waals surface area contributed by atoms with E-state index in [4.69, 9.17) is 17.0 Å². The van der Waals surface area contributed by atoms with Gasteiger partial charge in [0.05, 0.1) is 12.6 Å². The second-order valence-corrected chi connectivity index (χ2v) is 4.93. The Hall–Kier alpha value is -2.15. The molecular formula is C13H15N5OS. The van der Waals surface area contributed by atoms with E-state index >= 15 is 0 Å². The van der Waals surface area contributed by atoms with Crippen molar-refractivity contribution in [3.63, 3.8) is 0 Å². The van der Waals surface area contributed by atoms with Crippen LogP contribution in [0.2, 0.25) is 0 Å². The van der Waals surface area contributed by atoms with Crippen LogP contribution in [-0.4, -0.2) is 31.4 Å². The summed E-state index contributed by atoms with van der Waals surface area (Å²) in [6.07, 6.45) is 2.47. The van der Waals surface area contributed by atoms with E-state index in [2.05, 4.69) is 19.7 Å². The van der Waals surface area contributed by atoms with Crippen molar-refractivity contribution in [3.8, 4) is 5.75 Å². The van der Waals surface area contributed by atoms with Gasteiger partial charge in [-0.15, -0.1) is 10.2 Å². The van der Waals surface area contributed by atoms with Crippen LogP contribution in [0.3, 0.4) is 0 Å². The van der Waals surface area contributed by atoms with Crippen molar-refractivity contribution in [2.75, 3.05) is 7.11 Å². The molecule has 7 heteroatoms. The first kappa shape index (κ1) is 12.9. The third-order valence-corrected chi connectivity index (χ3v) is 3.68. The number of imidazole rings is 1. The van der Waals surface area contributed by atoms with Crippen molar-refractivity contribution >= 4 is 23.3 Å². The fraction of sp³-hybridized carbons (Fsp3) is 0.308. The number of aryl methyl sites for hydroxylation is 3. The molecule has 6 nitrogen and oxygen atoms in total. The first-order valence-corrected chi connectivity index (χ1v) is 6.70. The topological polar surface area (TPSA) is 60.7 Å². The number of nitrogens with one attached hydrogen (secondary N) is 1. The highest BCUT2D eigenvalue weighted by molar-refractivity contribution is 7.71. The van der Waals surface area contributed by atoms with E-state index in [1.54, 1.807) is 13.4 Å². The number of fused-ring (bicyclic) bond motifs is 1. The molecule has 2 heterocycles. The minimum absolute atomic E-state index is 0.687. The van der Waals surface area contributed by atoms with Crippen LogP contribution in [0.1, 0.15) is 5.82 Å². The molecule has 0 saturated carbocycles. The summed E-state index contributed by atoms with van der Waals surface area (Å²) in [7, 11) is 3.59. The van der Waals surface area contributed by atoms with Crippen LogP contribution in [-0.2, 0) is 20.0 Å². The van der Waals surface area contributed by atoms with Crippen molar-refractivity contribution in [1.29, 1.82) is 0 Å². The number of ether oxygens (including phenoxy) is 1. The molecule has 0 bridgehead atoms. The Morgan fingerprint density at radius 3 is 2.95 bits per heavy atom. The van der Waals surface area contributed by atoms with E-state index in [-0.39, 0.29) is 0 Å². The normalized spacial score (nSPS) is 11.1. The summed E-state index contributed by atoms with van der Waals surface area (Å²) in [5.74, 6) is 1.73. The minimum Gasteiger partial charge on any atom is -0.494 e. The zero-order valence-corrected chi connectivity index (χ0v) is 12.1. The number of aromatic nitrogens is 5. The van der Waals surface area contributed by atoms with E-state index < -0.39 is 0 Å². The molecule has 0 amide bonds. The fourth-order valence-electron chi connectivity index (χ4n) is 2.29. The lowest BCUT2D eigenvalue weighted by molar-refractivity contribution is 0.419. The van der Waals surface area contributed by atoms with Gasteiger partial charge >= 0.3 is 0 Å². The smallest absolute Gasteiger partial charge is 0.178 e. The summed E-state index contributed by atoms with van der Waals surface area (Å²) < 4.78 is 10.0. The molecule has 0 aliphatic rings. The summed E-state index contributed by atoms with van der Waals surface area (Å²) in [4.78, 5) is 3.20. The average Bonchev–Trinajstić information content (AvgIpc) is 2.99. The van der Waals surface area contributed by atoms with Crippen LogP contribution in [0, 0.1) is 4.77 Å². The maximum atomic E-state index is 5.40. The molecule has 0 aliphatic carbocycles. The predicted molar refractivity (Wildman–Crippen MR) is 78.4 cm³/mol. The van der Waals surface area contributed by atoms with Gasteiger partial charge in [-0.25, -0.2) is 0 Å². The molecule has 0 fully saturated rings. The summed E-state index contributed by atoms with van der Waals surface area (Å²) in [5.41, 5.74) is 1.97. The van der Waals surface area contributed by atoms with Crippen LogP contribution in [0.4, 0.5) is 0 Å². The first-order chi connectivity index (χ1) is 9.70. The number of hydrogen-bond acceptors (Lipinski definition) is 4. The molecule has 3 rings (SSSR count). The maximum absolute atomic E-state index is 5.40. The lowest BCUT2D eigenvalue weighted by atomic mass is 10.3. The molecule has 2 aromatic heterocycles. The summed E-state index contributed by atoms with van der Waals surface area (Å²) in [6.45, 7) is 0.749. The van der Waals surface area contributed by atoms with Crippen molar-refractivity contribution in [2.24, 2.45) is 7.05 Å². The number of methoxy groups -OCH3 is 1. The quantitative estimate of drug-likeness (QED) is 0.747. The van der Waals surface area contributed by atoms with Crippen molar-refractivity contribution in [1.82, 2.24) is 24.3 Å². The number of aromatic amines is 1. The van der Waals surface area contributed by atoms with Gasteiger partial charge in [0.15, 0.2) is 4.77 Å². The molecule has 20 heavy (non-hydrogen) atoms. The lowest BCUT2D eigenvalue weighted by Gasteiger charge is -2.05. The van der Waals surface area contributed by atoms with Gasteiger partial charge in [0.2, 0.25) is 0 Å². The van der Waals surface area contributed by atoms with Gasteiger partial charge in [0.25, 0.3) is 0 Å². The Balaban J connectivity index is 1.98. The van der Waals surface area contributed by atoms with E-state index in [0.29, 0.717) is 4.77 Å². The van der Waals surface area contributed by atoms with Gasteiger partial charge in [-0.2, -0.15) is 0 Å². The van der Waals surface area contributed by atoms with Gasteiger partial charge in [-0.3, -0.25) is 0 Å². The standard InChI is InChI=1S/C13H15N5OS/c1-17-8-14-16-11(17)6-7-18-9-4-3-5-10(19-2)12(9)15-13(18)20/h3-5,8H,6-7H2,1-2H3,(H,15,20). The van der Waals surface area contributed by atoms with Crippen LogP contribution < -0.4 is 4.74 Å². The van der Waals surface area contributed by atoms with Gasteiger partial charge in [-0.1, -0.05) is 6.07 Å². The SMILES string of the molecule is COc1cccc2c1[nH]c(=S)n2CCc1nncn1C. The predicted octanol–water partition coefficient (Wildman–Crippen LogP) is 2.08. The molecule has 1 aromatic carbocycles. The number of H-pyrrole nitrogens is 1. The Labute approximate surface area is 121 Å². The molecule has 0 aliphatic heterocycles. The zero-order valence-electron chi connectivity index (χ0n) is 11.3. The Morgan fingerprint density at radius 1 is 1.40 bits per heavy atom. The van der Waals surface area contributed by atoms with Gasteiger partial charge in [0, 0.05) is 20.0 Å². The zero-order chi connectivity index (χ0) is 14.1. The molecule has 0 radical (unpaired) electrons. The number of nitrogens with zero attached hydrogens (tertiary/aromatic N) is 4. The third kappa shape index (κ3) is 2.09. The Bertz CT molecular complexity index is 801. The summed E-state index contributed by atoms with van der Waals surface area (Å²) >= 11 is 5.40. The van der Waals surface area contributed by atoms with E-state index in [0.717, 1.165) is 35.6 Å². The second-order valence-electron chi connectivity index (χ2n) is 4.54. The van der Waals surface area contributed by atoms with Crippen LogP contribution >= 0.6 is 12.2 Å². The van der Waals surface area contributed by atoms with Crippen molar-refractivity contribution < 1.29 is 4.74 Å². The highest BCUT2D eigenvalue weighted by Gasteiger charge is 2.09. The van der Waals surface area contributed by atoms with Gasteiger partial charge < -0.3 is 18.9 Å².